The molecule has 0 radical (unpaired) electrons. The molecule has 1 aliphatic heterocycles. The summed E-state index contributed by atoms with van der Waals surface area (Å²) in [5, 5.41) is 56.8. The first kappa shape index (κ1) is 65.6. The van der Waals surface area contributed by atoms with Crippen molar-refractivity contribution >= 4 is 11.9 Å². The van der Waals surface area contributed by atoms with Crippen LogP contribution in [0.25, 0.3) is 0 Å². The second-order valence-corrected chi connectivity index (χ2v) is 20.0. The first-order chi connectivity index (χ1) is 34.2. The molecule has 0 bridgehead atoms. The molecule has 408 valence electrons. The van der Waals surface area contributed by atoms with Gasteiger partial charge in [0.25, 0.3) is 0 Å². The summed E-state index contributed by atoms with van der Waals surface area (Å²) in [6.45, 7) is 5.73. The highest BCUT2D eigenvalue weighted by Gasteiger charge is 2.47. The molecule has 0 spiro atoms. The van der Waals surface area contributed by atoms with Crippen LogP contribution < -0.4 is 5.32 Å². The molecule has 8 atom stereocenters. The lowest BCUT2D eigenvalue weighted by Gasteiger charge is -2.41. The van der Waals surface area contributed by atoms with E-state index in [0.717, 1.165) is 89.9 Å². The van der Waals surface area contributed by atoms with E-state index in [-0.39, 0.29) is 19.4 Å². The number of rotatable bonds is 48. The third-order valence-electron chi connectivity index (χ3n) is 13.5. The van der Waals surface area contributed by atoms with E-state index in [4.69, 9.17) is 14.2 Å². The van der Waals surface area contributed by atoms with Gasteiger partial charge in [-0.2, -0.15) is 0 Å². The van der Waals surface area contributed by atoms with Gasteiger partial charge in [0.2, 0.25) is 5.91 Å². The predicted molar refractivity (Wildman–Crippen MR) is 287 cm³/mol. The predicted octanol–water partition coefficient (Wildman–Crippen LogP) is 12.9. The number of aliphatic hydroxyl groups excluding tert-OH is 5. The third-order valence-corrected chi connectivity index (χ3v) is 13.5. The first-order valence-electron chi connectivity index (χ1n) is 28.9. The Labute approximate surface area is 427 Å². The SMILES string of the molecule is CCCCC/C=C\C/C=C\CCCCCCCCC(O)C(=O)NC(COC1OC(CO)C(O)C(O)C1OC(=O)CCCCC/C=C\CCCCCCCC)C(O)/C=C/CCCCCCCCCCCC. The summed E-state index contributed by atoms with van der Waals surface area (Å²) in [7, 11) is 0. The lowest BCUT2D eigenvalue weighted by atomic mass is 9.99. The van der Waals surface area contributed by atoms with E-state index in [9.17, 15) is 35.1 Å². The van der Waals surface area contributed by atoms with Gasteiger partial charge in [-0.15, -0.1) is 0 Å². The standard InChI is InChI=1S/C59H107NO10/c1-4-7-10-13-16-19-22-25-26-27-29-31-34-37-40-43-46-52(63)58(67)60-50(51(62)45-42-39-36-33-30-24-21-18-15-12-9-6-3)49-68-59-57(56(66)55(65)53(48-61)69-59)70-54(64)47-44-41-38-35-32-28-23-20-17-14-11-8-5-2/h16,19,25-26,28,32,42,45,50-53,55-57,59,61-63,65-66H,4-15,17-18,20-24,27,29-31,33-41,43-44,46-49H2,1-3H3,(H,60,67)/b19-16-,26-25-,32-28-,45-42+. The number of esters is 1. The quantitative estimate of drug-likeness (QED) is 0.0196. The zero-order valence-electron chi connectivity index (χ0n) is 44.9. The third kappa shape index (κ3) is 35.7. The second kappa shape index (κ2) is 47.6. The fourth-order valence-electron chi connectivity index (χ4n) is 8.79. The van der Waals surface area contributed by atoms with Gasteiger partial charge in [-0.05, 0) is 83.5 Å². The van der Waals surface area contributed by atoms with E-state index in [1.807, 2.05) is 6.08 Å². The fraction of sp³-hybridized carbons (Fsp3) is 0.831. The molecule has 0 aromatic heterocycles. The van der Waals surface area contributed by atoms with Gasteiger partial charge >= 0.3 is 5.97 Å². The van der Waals surface area contributed by atoms with Gasteiger partial charge in [-0.1, -0.05) is 211 Å². The van der Waals surface area contributed by atoms with Gasteiger partial charge in [-0.25, -0.2) is 0 Å². The summed E-state index contributed by atoms with van der Waals surface area (Å²) in [6, 6.07) is -1.03. The van der Waals surface area contributed by atoms with Crippen LogP contribution in [0.5, 0.6) is 0 Å². The summed E-state index contributed by atoms with van der Waals surface area (Å²) < 4.78 is 17.5. The first-order valence-corrected chi connectivity index (χ1v) is 28.9. The van der Waals surface area contributed by atoms with E-state index in [2.05, 4.69) is 62.5 Å². The van der Waals surface area contributed by atoms with E-state index >= 15 is 0 Å². The van der Waals surface area contributed by atoms with Crippen molar-refractivity contribution in [1.82, 2.24) is 5.32 Å². The number of aliphatic hydroxyl groups is 5. The average molecular weight is 991 g/mol. The molecule has 1 amide bonds. The van der Waals surface area contributed by atoms with Crippen molar-refractivity contribution in [3.05, 3.63) is 48.6 Å². The van der Waals surface area contributed by atoms with Crippen LogP contribution >= 0.6 is 0 Å². The van der Waals surface area contributed by atoms with Gasteiger partial charge < -0.3 is 45.1 Å². The van der Waals surface area contributed by atoms with Crippen molar-refractivity contribution < 1.29 is 49.3 Å². The Balaban J connectivity index is 2.75. The minimum Gasteiger partial charge on any atom is -0.454 e. The maximum absolute atomic E-state index is 13.4. The highest BCUT2D eigenvalue weighted by molar-refractivity contribution is 5.80. The van der Waals surface area contributed by atoms with E-state index in [1.165, 1.54) is 116 Å². The molecule has 0 saturated carbocycles. The summed E-state index contributed by atoms with van der Waals surface area (Å²) in [4.78, 5) is 26.4. The van der Waals surface area contributed by atoms with Gasteiger partial charge in [0.1, 0.15) is 24.4 Å². The molecule has 1 rings (SSSR count). The van der Waals surface area contributed by atoms with Crippen LogP contribution in [-0.4, -0.2) is 99.6 Å². The van der Waals surface area contributed by atoms with Crippen LogP contribution in [0.3, 0.4) is 0 Å². The lowest BCUT2D eigenvalue weighted by molar-refractivity contribution is -0.305. The number of allylic oxidation sites excluding steroid dienone is 7. The number of unbranched alkanes of at least 4 members (excludes halogenated alkanes) is 28. The molecule has 0 aromatic rings. The molecule has 70 heavy (non-hydrogen) atoms. The zero-order valence-corrected chi connectivity index (χ0v) is 44.9. The maximum Gasteiger partial charge on any atom is 0.306 e. The molecule has 6 N–H and O–H groups in total. The Kier molecular flexibility index (Phi) is 44.6. The number of hydrogen-bond acceptors (Lipinski definition) is 10. The number of carbonyl (C=O) groups is 2. The number of hydrogen-bond donors (Lipinski definition) is 6. The highest BCUT2D eigenvalue weighted by Crippen LogP contribution is 2.26. The van der Waals surface area contributed by atoms with E-state index in [0.29, 0.717) is 12.8 Å². The summed E-state index contributed by atoms with van der Waals surface area (Å²) >= 11 is 0. The van der Waals surface area contributed by atoms with Crippen molar-refractivity contribution in [1.29, 1.82) is 0 Å². The molecule has 8 unspecified atom stereocenters. The monoisotopic (exact) mass is 990 g/mol. The van der Waals surface area contributed by atoms with E-state index < -0.39 is 67.4 Å². The summed E-state index contributed by atoms with van der Waals surface area (Å²) in [5.41, 5.74) is 0. The van der Waals surface area contributed by atoms with Crippen LogP contribution in [0.4, 0.5) is 0 Å². The van der Waals surface area contributed by atoms with Crippen LogP contribution in [0.1, 0.15) is 252 Å². The van der Waals surface area contributed by atoms with Crippen LogP contribution in [0.15, 0.2) is 48.6 Å². The normalized spacial score (nSPS) is 20.0. The highest BCUT2D eigenvalue weighted by atomic mass is 16.7. The van der Waals surface area contributed by atoms with Crippen molar-refractivity contribution in [2.24, 2.45) is 0 Å². The molecule has 0 aromatic carbocycles. The molecule has 11 nitrogen and oxygen atoms in total. The Morgan fingerprint density at radius 3 is 1.50 bits per heavy atom. The molecule has 1 fully saturated rings. The van der Waals surface area contributed by atoms with Crippen molar-refractivity contribution in [3.8, 4) is 0 Å². The molecular formula is C59H107NO10. The Morgan fingerprint density at radius 2 is 0.986 bits per heavy atom. The molecular weight excluding hydrogens is 883 g/mol. The number of nitrogens with one attached hydrogen (secondary N) is 1. The zero-order chi connectivity index (χ0) is 51.1. The Morgan fingerprint density at radius 1 is 0.557 bits per heavy atom. The average Bonchev–Trinajstić information content (AvgIpc) is 3.36. The number of amides is 1. The van der Waals surface area contributed by atoms with Crippen molar-refractivity contribution in [2.75, 3.05) is 13.2 Å². The molecule has 0 aliphatic carbocycles. The minimum atomic E-state index is -1.62. The Hall–Kier alpha value is -2.38. The fourth-order valence-corrected chi connectivity index (χ4v) is 8.79. The molecule has 11 heteroatoms. The van der Waals surface area contributed by atoms with Crippen molar-refractivity contribution in [3.63, 3.8) is 0 Å². The minimum absolute atomic E-state index is 0.102. The van der Waals surface area contributed by atoms with Gasteiger partial charge in [0.05, 0.1) is 25.4 Å². The largest absolute Gasteiger partial charge is 0.454 e. The van der Waals surface area contributed by atoms with Crippen LogP contribution in [0.2, 0.25) is 0 Å². The number of carbonyl (C=O) groups excluding carboxylic acids is 2. The van der Waals surface area contributed by atoms with Gasteiger partial charge in [0.15, 0.2) is 12.4 Å². The lowest BCUT2D eigenvalue weighted by Crippen LogP contribution is -2.61. The van der Waals surface area contributed by atoms with Crippen LogP contribution in [-0.2, 0) is 23.8 Å². The van der Waals surface area contributed by atoms with Gasteiger partial charge in [-0.3, -0.25) is 9.59 Å². The molecule has 1 saturated heterocycles. The summed E-state index contributed by atoms with van der Waals surface area (Å²) in [5.74, 6) is -1.22. The topological polar surface area (TPSA) is 175 Å². The van der Waals surface area contributed by atoms with E-state index in [1.54, 1.807) is 6.08 Å². The second-order valence-electron chi connectivity index (χ2n) is 20.0. The van der Waals surface area contributed by atoms with Gasteiger partial charge in [0, 0.05) is 6.42 Å². The summed E-state index contributed by atoms with van der Waals surface area (Å²) in [6.07, 6.45) is 45.8. The van der Waals surface area contributed by atoms with Crippen LogP contribution in [0, 0.1) is 0 Å². The smallest absolute Gasteiger partial charge is 0.306 e. The molecule has 1 heterocycles. The maximum atomic E-state index is 13.4. The Bertz CT molecular complexity index is 1320. The number of ether oxygens (including phenoxy) is 3. The molecule has 1 aliphatic rings. The van der Waals surface area contributed by atoms with Crippen molar-refractivity contribution in [2.45, 2.75) is 301 Å².